The average molecular weight is 545 g/mol. The molecule has 0 aliphatic rings. The zero-order valence-corrected chi connectivity index (χ0v) is 23.5. The van der Waals surface area contributed by atoms with Gasteiger partial charge in [-0.15, -0.1) is 0 Å². The van der Waals surface area contributed by atoms with Gasteiger partial charge in [-0.05, 0) is 81.3 Å². The molecule has 4 aromatic rings. The third-order valence-electron chi connectivity index (χ3n) is 6.30. The number of nitrogens with zero attached hydrogens (tertiary/aromatic N) is 3. The third kappa shape index (κ3) is 6.04. The molecule has 0 saturated carbocycles. The molecule has 1 N–H and O–H groups in total. The number of hydrogen-bond acceptors (Lipinski definition) is 5. The van der Waals surface area contributed by atoms with Crippen LogP contribution in [0.4, 0.5) is 5.69 Å². The van der Waals surface area contributed by atoms with E-state index in [1.807, 2.05) is 19.9 Å². The normalized spacial score (nSPS) is 11.5. The molecule has 0 fully saturated rings. The van der Waals surface area contributed by atoms with E-state index in [1.165, 1.54) is 30.4 Å². The standard InChI is InChI=1S/C30H32N4O4S/c1-21-15-22(2)17-26(16-21)34-23(3)18-25(24(34)4)19-31-32-30(35)20-33(28-13-9-10-14-29(28)38-5)39(36,37)27-11-7-6-8-12-27/h6-19H,20H2,1-5H3,(H,32,35)/b31-19+. The first kappa shape index (κ1) is 27.7. The van der Waals surface area contributed by atoms with Crippen molar-refractivity contribution in [3.05, 3.63) is 107 Å². The number of sulfonamides is 1. The summed E-state index contributed by atoms with van der Waals surface area (Å²) in [6, 6.07) is 23.0. The molecule has 39 heavy (non-hydrogen) atoms. The minimum absolute atomic E-state index is 0.0611. The highest BCUT2D eigenvalue weighted by molar-refractivity contribution is 7.92. The zero-order chi connectivity index (χ0) is 28.2. The molecule has 0 bridgehead atoms. The summed E-state index contributed by atoms with van der Waals surface area (Å²) in [4.78, 5) is 13.0. The number of amides is 1. The van der Waals surface area contributed by atoms with Gasteiger partial charge in [-0.3, -0.25) is 9.10 Å². The topological polar surface area (TPSA) is 93.0 Å². The fourth-order valence-corrected chi connectivity index (χ4v) is 6.04. The van der Waals surface area contributed by atoms with Crippen molar-refractivity contribution in [3.63, 3.8) is 0 Å². The number of hydrogen-bond donors (Lipinski definition) is 1. The molecule has 0 saturated heterocycles. The lowest BCUT2D eigenvalue weighted by Crippen LogP contribution is -2.39. The van der Waals surface area contributed by atoms with Crippen molar-refractivity contribution in [2.24, 2.45) is 5.10 Å². The van der Waals surface area contributed by atoms with E-state index in [0.717, 1.165) is 26.9 Å². The molecule has 0 aliphatic heterocycles. The predicted molar refractivity (Wildman–Crippen MR) is 154 cm³/mol. The van der Waals surface area contributed by atoms with Crippen LogP contribution in [0.5, 0.6) is 5.75 Å². The molecule has 0 spiro atoms. The molecule has 3 aromatic carbocycles. The van der Waals surface area contributed by atoms with Gasteiger partial charge in [0.05, 0.1) is 23.9 Å². The van der Waals surface area contributed by atoms with Crippen molar-refractivity contribution in [1.29, 1.82) is 0 Å². The van der Waals surface area contributed by atoms with E-state index in [0.29, 0.717) is 5.75 Å². The molecule has 1 aromatic heterocycles. The highest BCUT2D eigenvalue weighted by Gasteiger charge is 2.29. The lowest BCUT2D eigenvalue weighted by molar-refractivity contribution is -0.119. The Labute approximate surface area is 229 Å². The number of anilines is 1. The summed E-state index contributed by atoms with van der Waals surface area (Å²) in [5, 5.41) is 4.14. The van der Waals surface area contributed by atoms with Crippen LogP contribution in [0.25, 0.3) is 5.69 Å². The van der Waals surface area contributed by atoms with E-state index in [1.54, 1.807) is 48.7 Å². The Morgan fingerprint density at radius 1 is 0.949 bits per heavy atom. The molecule has 0 unspecified atom stereocenters. The number of ether oxygens (including phenoxy) is 1. The Morgan fingerprint density at radius 2 is 1.59 bits per heavy atom. The number of carbonyl (C=O) groups excluding carboxylic acids is 1. The SMILES string of the molecule is COc1ccccc1N(CC(=O)N/N=C/c1cc(C)n(-c2cc(C)cc(C)c2)c1C)S(=O)(=O)c1ccccc1. The van der Waals surface area contributed by atoms with Gasteiger partial charge in [0.2, 0.25) is 0 Å². The first-order chi connectivity index (χ1) is 18.6. The van der Waals surface area contributed by atoms with Crippen molar-refractivity contribution in [2.75, 3.05) is 18.0 Å². The first-order valence-corrected chi connectivity index (χ1v) is 13.9. The maximum Gasteiger partial charge on any atom is 0.264 e. The largest absolute Gasteiger partial charge is 0.495 e. The van der Waals surface area contributed by atoms with Gasteiger partial charge in [0.1, 0.15) is 12.3 Å². The molecular formula is C30H32N4O4S. The van der Waals surface area contributed by atoms with Gasteiger partial charge >= 0.3 is 0 Å². The van der Waals surface area contributed by atoms with Crippen LogP contribution in [0.1, 0.15) is 28.1 Å². The van der Waals surface area contributed by atoms with Gasteiger partial charge in [-0.1, -0.05) is 36.4 Å². The van der Waals surface area contributed by atoms with E-state index in [-0.39, 0.29) is 10.6 Å². The van der Waals surface area contributed by atoms with Gasteiger partial charge in [-0.2, -0.15) is 5.10 Å². The Kier molecular flexibility index (Phi) is 8.21. The molecular weight excluding hydrogens is 512 g/mol. The second kappa shape index (κ2) is 11.6. The molecule has 0 atom stereocenters. The van der Waals surface area contributed by atoms with Crippen LogP contribution in [0, 0.1) is 27.7 Å². The van der Waals surface area contributed by atoms with E-state index in [2.05, 4.69) is 47.1 Å². The Hall–Kier alpha value is -4.37. The summed E-state index contributed by atoms with van der Waals surface area (Å²) in [6.45, 7) is 7.64. The van der Waals surface area contributed by atoms with Gasteiger partial charge in [0, 0.05) is 22.6 Å². The number of para-hydroxylation sites is 2. The lowest BCUT2D eigenvalue weighted by Gasteiger charge is -2.25. The maximum absolute atomic E-state index is 13.5. The maximum atomic E-state index is 13.5. The van der Waals surface area contributed by atoms with Crippen LogP contribution in [0.2, 0.25) is 0 Å². The highest BCUT2D eigenvalue weighted by atomic mass is 32.2. The number of hydrazone groups is 1. The fourth-order valence-electron chi connectivity index (χ4n) is 4.59. The Balaban J connectivity index is 1.58. The van der Waals surface area contributed by atoms with Gasteiger partial charge in [0.15, 0.2) is 0 Å². The molecule has 0 radical (unpaired) electrons. The third-order valence-corrected chi connectivity index (χ3v) is 8.07. The molecule has 202 valence electrons. The van der Waals surface area contributed by atoms with Gasteiger partial charge < -0.3 is 9.30 Å². The van der Waals surface area contributed by atoms with E-state index in [4.69, 9.17) is 4.74 Å². The second-order valence-corrected chi connectivity index (χ2v) is 11.2. The minimum atomic E-state index is -4.07. The van der Waals surface area contributed by atoms with Gasteiger partial charge in [0.25, 0.3) is 15.9 Å². The average Bonchev–Trinajstić information content (AvgIpc) is 3.19. The smallest absolute Gasteiger partial charge is 0.264 e. The number of nitrogens with one attached hydrogen (secondary N) is 1. The summed E-state index contributed by atoms with van der Waals surface area (Å²) in [6.07, 6.45) is 1.57. The van der Waals surface area contributed by atoms with Crippen LogP contribution < -0.4 is 14.5 Å². The Bertz CT molecular complexity index is 1610. The summed E-state index contributed by atoms with van der Waals surface area (Å²) in [5.74, 6) is -0.271. The number of aryl methyl sites for hydroxylation is 3. The molecule has 1 amide bonds. The summed E-state index contributed by atoms with van der Waals surface area (Å²) in [5.41, 5.74) is 8.97. The highest BCUT2D eigenvalue weighted by Crippen LogP contribution is 2.32. The Morgan fingerprint density at radius 3 is 2.26 bits per heavy atom. The lowest BCUT2D eigenvalue weighted by atomic mass is 10.1. The van der Waals surface area contributed by atoms with Crippen LogP contribution >= 0.6 is 0 Å². The number of rotatable bonds is 9. The fraction of sp³-hybridized carbons (Fsp3) is 0.200. The predicted octanol–water partition coefficient (Wildman–Crippen LogP) is 5.07. The summed E-state index contributed by atoms with van der Waals surface area (Å²) < 4.78 is 35.6. The zero-order valence-electron chi connectivity index (χ0n) is 22.7. The molecule has 9 heteroatoms. The number of aromatic nitrogens is 1. The van der Waals surface area contributed by atoms with Crippen molar-refractivity contribution in [2.45, 2.75) is 32.6 Å². The van der Waals surface area contributed by atoms with E-state index >= 15 is 0 Å². The second-order valence-electron chi connectivity index (χ2n) is 9.30. The molecule has 1 heterocycles. The van der Waals surface area contributed by atoms with Crippen LogP contribution in [-0.2, 0) is 14.8 Å². The first-order valence-electron chi connectivity index (χ1n) is 12.4. The van der Waals surface area contributed by atoms with Crippen molar-refractivity contribution in [3.8, 4) is 11.4 Å². The van der Waals surface area contributed by atoms with Crippen LogP contribution in [-0.4, -0.2) is 38.8 Å². The van der Waals surface area contributed by atoms with Crippen molar-refractivity contribution in [1.82, 2.24) is 9.99 Å². The van der Waals surface area contributed by atoms with Gasteiger partial charge in [-0.25, -0.2) is 13.8 Å². The summed E-state index contributed by atoms with van der Waals surface area (Å²) >= 11 is 0. The van der Waals surface area contributed by atoms with Crippen LogP contribution in [0.3, 0.4) is 0 Å². The van der Waals surface area contributed by atoms with E-state index < -0.39 is 22.5 Å². The number of benzene rings is 3. The van der Waals surface area contributed by atoms with E-state index in [9.17, 15) is 13.2 Å². The molecule has 0 aliphatic carbocycles. The number of carbonyl (C=O) groups is 1. The minimum Gasteiger partial charge on any atom is -0.495 e. The molecule has 8 nitrogen and oxygen atoms in total. The van der Waals surface area contributed by atoms with Crippen molar-refractivity contribution < 1.29 is 17.9 Å². The molecule has 4 rings (SSSR count). The quantitative estimate of drug-likeness (QED) is 0.235. The van der Waals surface area contributed by atoms with Crippen molar-refractivity contribution >= 4 is 27.8 Å². The van der Waals surface area contributed by atoms with Crippen LogP contribution in [0.15, 0.2) is 88.9 Å². The number of methoxy groups -OCH3 is 1. The monoisotopic (exact) mass is 544 g/mol. The summed E-state index contributed by atoms with van der Waals surface area (Å²) in [7, 11) is -2.62.